The van der Waals surface area contributed by atoms with Crippen molar-refractivity contribution in [3.63, 3.8) is 0 Å². The number of ether oxygens (including phenoxy) is 2. The van der Waals surface area contributed by atoms with Crippen molar-refractivity contribution in [1.29, 1.82) is 0 Å². The van der Waals surface area contributed by atoms with Gasteiger partial charge in [0.05, 0.1) is 13.2 Å². The van der Waals surface area contributed by atoms with Crippen LogP contribution in [0.15, 0.2) is 0 Å². The molecular weight excluding hydrogens is 222 g/mol. The number of rotatable bonds is 6. The molecule has 0 spiro atoms. The molecule has 1 atom stereocenters. The normalized spacial score (nSPS) is 16.4. The highest BCUT2D eigenvalue weighted by molar-refractivity contribution is 6.32. The maximum atomic E-state index is 11.9. The molecule has 1 unspecified atom stereocenters. The minimum atomic E-state index is -0.767. The topological polar surface area (TPSA) is 55.8 Å². The molecule has 1 aliphatic carbocycles. The van der Waals surface area contributed by atoms with Gasteiger partial charge in [-0.15, -0.1) is 0 Å². The molecule has 17 heavy (non-hydrogen) atoms. The summed E-state index contributed by atoms with van der Waals surface area (Å²) in [6, 6.07) is 0.0852. The molecule has 1 aliphatic rings. The number of esters is 1. The van der Waals surface area contributed by atoms with E-state index in [0.717, 1.165) is 12.8 Å². The summed E-state index contributed by atoms with van der Waals surface area (Å²) in [5.41, 5.74) is 0. The van der Waals surface area contributed by atoms with Crippen LogP contribution in [0.25, 0.3) is 0 Å². The maximum absolute atomic E-state index is 11.9. The van der Waals surface area contributed by atoms with Crippen molar-refractivity contribution in [3.05, 3.63) is 0 Å². The first-order chi connectivity index (χ1) is 8.11. The van der Waals surface area contributed by atoms with Crippen molar-refractivity contribution in [2.24, 2.45) is 5.92 Å². The molecule has 0 aromatic rings. The van der Waals surface area contributed by atoms with Crippen LogP contribution in [0.4, 0.5) is 0 Å². The molecule has 0 radical (unpaired) electrons. The standard InChI is InChI=1S/C12H21NO4/c1-4-17-12(15)11(14)13(7-8-16-3)9(2)10-5-6-10/h9-10H,4-8H2,1-3H3. The molecule has 1 rings (SSSR count). The van der Waals surface area contributed by atoms with Gasteiger partial charge < -0.3 is 14.4 Å². The summed E-state index contributed by atoms with van der Waals surface area (Å²) in [5, 5.41) is 0. The summed E-state index contributed by atoms with van der Waals surface area (Å²) in [6.45, 7) is 4.76. The summed E-state index contributed by atoms with van der Waals surface area (Å²) in [4.78, 5) is 24.9. The van der Waals surface area contributed by atoms with E-state index in [1.807, 2.05) is 6.92 Å². The average molecular weight is 243 g/mol. The number of carbonyl (C=O) groups is 2. The first-order valence-corrected chi connectivity index (χ1v) is 6.08. The highest BCUT2D eigenvalue weighted by Crippen LogP contribution is 2.35. The zero-order chi connectivity index (χ0) is 12.8. The highest BCUT2D eigenvalue weighted by atomic mass is 16.5. The van der Waals surface area contributed by atoms with E-state index in [4.69, 9.17) is 9.47 Å². The second-order valence-corrected chi connectivity index (χ2v) is 4.29. The summed E-state index contributed by atoms with van der Waals surface area (Å²) in [6.07, 6.45) is 2.25. The molecule has 1 fully saturated rings. The van der Waals surface area contributed by atoms with E-state index in [-0.39, 0.29) is 12.6 Å². The van der Waals surface area contributed by atoms with Crippen LogP contribution >= 0.6 is 0 Å². The van der Waals surface area contributed by atoms with Crippen molar-refractivity contribution in [3.8, 4) is 0 Å². The molecular formula is C12H21NO4. The Morgan fingerprint density at radius 2 is 2.06 bits per heavy atom. The summed E-state index contributed by atoms with van der Waals surface area (Å²) in [7, 11) is 1.58. The first kappa shape index (κ1) is 14.0. The smallest absolute Gasteiger partial charge is 0.397 e. The molecule has 0 aromatic heterocycles. The fourth-order valence-electron chi connectivity index (χ4n) is 1.82. The van der Waals surface area contributed by atoms with Gasteiger partial charge in [-0.25, -0.2) is 4.79 Å². The number of nitrogens with zero attached hydrogens (tertiary/aromatic N) is 1. The van der Waals surface area contributed by atoms with Crippen LogP contribution < -0.4 is 0 Å². The van der Waals surface area contributed by atoms with Gasteiger partial charge >= 0.3 is 11.9 Å². The molecule has 0 aromatic carbocycles. The van der Waals surface area contributed by atoms with Crippen molar-refractivity contribution in [2.75, 3.05) is 26.9 Å². The van der Waals surface area contributed by atoms with Gasteiger partial charge in [0.1, 0.15) is 0 Å². The fraction of sp³-hybridized carbons (Fsp3) is 0.833. The molecule has 98 valence electrons. The van der Waals surface area contributed by atoms with Crippen LogP contribution in [0.1, 0.15) is 26.7 Å². The van der Waals surface area contributed by atoms with Crippen LogP contribution in [0.2, 0.25) is 0 Å². The van der Waals surface area contributed by atoms with Gasteiger partial charge in [-0.1, -0.05) is 0 Å². The Kier molecular flexibility index (Phi) is 5.41. The minimum absolute atomic E-state index is 0.0852. The Morgan fingerprint density at radius 1 is 1.41 bits per heavy atom. The van der Waals surface area contributed by atoms with Gasteiger partial charge in [-0.3, -0.25) is 4.79 Å². The third-order valence-corrected chi connectivity index (χ3v) is 3.04. The third-order valence-electron chi connectivity index (χ3n) is 3.04. The monoisotopic (exact) mass is 243 g/mol. The second-order valence-electron chi connectivity index (χ2n) is 4.29. The first-order valence-electron chi connectivity index (χ1n) is 6.08. The predicted octanol–water partition coefficient (Wildman–Crippen LogP) is 0.823. The number of carbonyl (C=O) groups excluding carboxylic acids is 2. The van der Waals surface area contributed by atoms with E-state index in [1.165, 1.54) is 0 Å². The van der Waals surface area contributed by atoms with E-state index in [9.17, 15) is 9.59 Å². The molecule has 5 heteroatoms. The van der Waals surface area contributed by atoms with Crippen LogP contribution in [0.3, 0.4) is 0 Å². The lowest BCUT2D eigenvalue weighted by Gasteiger charge is -2.28. The molecule has 0 N–H and O–H groups in total. The Balaban J connectivity index is 2.60. The number of hydrogen-bond acceptors (Lipinski definition) is 4. The molecule has 1 saturated carbocycles. The van der Waals surface area contributed by atoms with Crippen LogP contribution in [-0.4, -0.2) is 49.7 Å². The molecule has 0 aliphatic heterocycles. The molecule has 5 nitrogen and oxygen atoms in total. The van der Waals surface area contributed by atoms with Crippen LogP contribution in [0, 0.1) is 5.92 Å². The van der Waals surface area contributed by atoms with E-state index in [2.05, 4.69) is 0 Å². The SMILES string of the molecule is CCOC(=O)C(=O)N(CCOC)C(C)C1CC1. The van der Waals surface area contributed by atoms with Gasteiger partial charge in [-0.2, -0.15) is 0 Å². The van der Waals surface area contributed by atoms with Crippen LogP contribution in [-0.2, 0) is 19.1 Å². The molecule has 1 amide bonds. The minimum Gasteiger partial charge on any atom is -0.459 e. The van der Waals surface area contributed by atoms with E-state index < -0.39 is 11.9 Å². The van der Waals surface area contributed by atoms with Crippen molar-refractivity contribution >= 4 is 11.9 Å². The number of amides is 1. The summed E-state index contributed by atoms with van der Waals surface area (Å²) < 4.78 is 9.71. The van der Waals surface area contributed by atoms with Gasteiger partial charge in [0.15, 0.2) is 0 Å². The lowest BCUT2D eigenvalue weighted by Crippen LogP contribution is -2.45. The summed E-state index contributed by atoms with van der Waals surface area (Å²) >= 11 is 0. The largest absolute Gasteiger partial charge is 0.459 e. The van der Waals surface area contributed by atoms with Gasteiger partial charge in [-0.05, 0) is 32.6 Å². The van der Waals surface area contributed by atoms with Gasteiger partial charge in [0, 0.05) is 19.7 Å². The Bertz CT molecular complexity index is 276. The third kappa shape index (κ3) is 4.00. The average Bonchev–Trinajstić information content (AvgIpc) is 3.13. The zero-order valence-corrected chi connectivity index (χ0v) is 10.8. The predicted molar refractivity (Wildman–Crippen MR) is 62.4 cm³/mol. The zero-order valence-electron chi connectivity index (χ0n) is 10.8. The lowest BCUT2D eigenvalue weighted by atomic mass is 10.2. The van der Waals surface area contributed by atoms with Gasteiger partial charge in [0.2, 0.25) is 0 Å². The van der Waals surface area contributed by atoms with Crippen molar-refractivity contribution in [2.45, 2.75) is 32.7 Å². The second kappa shape index (κ2) is 6.59. The van der Waals surface area contributed by atoms with Crippen molar-refractivity contribution in [1.82, 2.24) is 4.90 Å². The Morgan fingerprint density at radius 3 is 2.53 bits per heavy atom. The van der Waals surface area contributed by atoms with E-state index >= 15 is 0 Å². The van der Waals surface area contributed by atoms with E-state index in [1.54, 1.807) is 18.9 Å². The summed E-state index contributed by atoms with van der Waals surface area (Å²) in [5.74, 6) is -0.801. The lowest BCUT2D eigenvalue weighted by molar-refractivity contribution is -0.161. The molecule has 0 bridgehead atoms. The molecule has 0 saturated heterocycles. The Labute approximate surface area is 102 Å². The van der Waals surface area contributed by atoms with Crippen molar-refractivity contribution < 1.29 is 19.1 Å². The quantitative estimate of drug-likeness (QED) is 0.512. The van der Waals surface area contributed by atoms with Gasteiger partial charge in [0.25, 0.3) is 0 Å². The maximum Gasteiger partial charge on any atom is 0.397 e. The fourth-order valence-corrected chi connectivity index (χ4v) is 1.82. The Hall–Kier alpha value is -1.10. The molecule has 0 heterocycles. The number of methoxy groups -OCH3 is 1. The number of hydrogen-bond donors (Lipinski definition) is 0. The van der Waals surface area contributed by atoms with E-state index in [0.29, 0.717) is 19.1 Å². The highest BCUT2D eigenvalue weighted by Gasteiger charge is 2.36. The van der Waals surface area contributed by atoms with Crippen LogP contribution in [0.5, 0.6) is 0 Å².